The van der Waals surface area contributed by atoms with E-state index in [1.807, 2.05) is 0 Å². The first kappa shape index (κ1) is 14.0. The first-order chi connectivity index (χ1) is 10.6. The van der Waals surface area contributed by atoms with E-state index in [0.717, 1.165) is 4.68 Å². The Morgan fingerprint density at radius 2 is 1.91 bits per heavy atom. The summed E-state index contributed by atoms with van der Waals surface area (Å²) in [4.78, 5) is 15.3. The largest absolute Gasteiger partial charge is 0.504 e. The minimum Gasteiger partial charge on any atom is -0.504 e. The first-order valence-electron chi connectivity index (χ1n) is 6.36. The lowest BCUT2D eigenvalue weighted by atomic mass is 10.2. The Morgan fingerprint density at radius 3 is 2.68 bits per heavy atom. The molecule has 7 heteroatoms. The molecule has 0 radical (unpaired) electrons. The Labute approximate surface area is 129 Å². The number of phenols is 2. The maximum absolute atomic E-state index is 12.4. The lowest BCUT2D eigenvalue weighted by Gasteiger charge is -2.02. The molecule has 0 unspecified atom stereocenters. The number of hydrogen-bond acceptors (Lipinski definition) is 5. The van der Waals surface area contributed by atoms with E-state index in [4.69, 9.17) is 12.2 Å². The van der Waals surface area contributed by atoms with E-state index in [0.29, 0.717) is 16.5 Å². The molecule has 0 aliphatic rings. The number of benzene rings is 2. The van der Waals surface area contributed by atoms with E-state index >= 15 is 0 Å². The zero-order valence-electron chi connectivity index (χ0n) is 11.2. The number of H-pyrrole nitrogens is 1. The van der Waals surface area contributed by atoms with Gasteiger partial charge in [-0.15, -0.1) is 0 Å². The summed E-state index contributed by atoms with van der Waals surface area (Å²) in [5.74, 6) is -0.489. The lowest BCUT2D eigenvalue weighted by Crippen LogP contribution is -2.18. The predicted molar refractivity (Wildman–Crippen MR) is 86.2 cm³/mol. The van der Waals surface area contributed by atoms with Crippen LogP contribution in [0.1, 0.15) is 5.56 Å². The summed E-state index contributed by atoms with van der Waals surface area (Å²) >= 11 is 5.13. The monoisotopic (exact) mass is 313 g/mol. The van der Waals surface area contributed by atoms with Crippen LogP contribution in [0.4, 0.5) is 0 Å². The van der Waals surface area contributed by atoms with Crippen LogP contribution in [0.5, 0.6) is 11.5 Å². The molecule has 3 aromatic rings. The van der Waals surface area contributed by atoms with Gasteiger partial charge < -0.3 is 15.2 Å². The van der Waals surface area contributed by atoms with Crippen LogP contribution in [-0.4, -0.2) is 26.1 Å². The second kappa shape index (κ2) is 5.45. The molecule has 22 heavy (non-hydrogen) atoms. The standard InChI is InChI=1S/C15H11N3O3S/c19-12-6-5-9(7-13(12)20)8-16-18-14(21)10-3-1-2-4-11(10)17-15(18)22/h1-8,19-20H,(H,17,22)/b16-8+. The Kier molecular flexibility index (Phi) is 3.48. The fourth-order valence-electron chi connectivity index (χ4n) is 2.00. The molecule has 0 aliphatic heterocycles. The van der Waals surface area contributed by atoms with Gasteiger partial charge in [-0.1, -0.05) is 12.1 Å². The van der Waals surface area contributed by atoms with Gasteiger partial charge in [0.15, 0.2) is 11.5 Å². The van der Waals surface area contributed by atoms with Gasteiger partial charge in [0, 0.05) is 0 Å². The fourth-order valence-corrected chi connectivity index (χ4v) is 2.24. The van der Waals surface area contributed by atoms with Crippen molar-refractivity contribution in [2.24, 2.45) is 5.10 Å². The summed E-state index contributed by atoms with van der Waals surface area (Å²) < 4.78 is 1.24. The molecule has 2 aromatic carbocycles. The molecule has 0 atom stereocenters. The second-order valence-corrected chi connectivity index (χ2v) is 4.97. The second-order valence-electron chi connectivity index (χ2n) is 4.59. The molecule has 110 valence electrons. The molecule has 1 heterocycles. The first-order valence-corrected chi connectivity index (χ1v) is 6.77. The highest BCUT2D eigenvalue weighted by Gasteiger charge is 2.04. The van der Waals surface area contributed by atoms with Crippen molar-refractivity contribution in [1.82, 2.24) is 9.66 Å². The molecule has 6 nitrogen and oxygen atoms in total. The molecular weight excluding hydrogens is 302 g/mol. The Morgan fingerprint density at radius 1 is 1.14 bits per heavy atom. The highest BCUT2D eigenvalue weighted by molar-refractivity contribution is 7.71. The van der Waals surface area contributed by atoms with Crippen LogP contribution in [0.25, 0.3) is 10.9 Å². The number of aromatic amines is 1. The van der Waals surface area contributed by atoms with Crippen molar-refractivity contribution in [2.45, 2.75) is 0 Å². The molecule has 3 N–H and O–H groups in total. The van der Waals surface area contributed by atoms with Gasteiger partial charge in [-0.25, -0.2) is 0 Å². The SMILES string of the molecule is O=c1c2ccccc2[nH]c(=S)n1/N=C/c1ccc(O)c(O)c1. The van der Waals surface area contributed by atoms with Crippen LogP contribution in [-0.2, 0) is 0 Å². The molecule has 0 aliphatic carbocycles. The summed E-state index contributed by atoms with van der Waals surface area (Å²) in [6.07, 6.45) is 1.37. The van der Waals surface area contributed by atoms with Crippen LogP contribution in [0.15, 0.2) is 52.4 Å². The smallest absolute Gasteiger partial charge is 0.282 e. The van der Waals surface area contributed by atoms with Gasteiger partial charge in [0.25, 0.3) is 5.56 Å². The fraction of sp³-hybridized carbons (Fsp3) is 0. The summed E-state index contributed by atoms with van der Waals surface area (Å²) in [6.45, 7) is 0. The number of phenolic OH excluding ortho intramolecular Hbond substituents is 2. The number of para-hydroxylation sites is 1. The van der Waals surface area contributed by atoms with Gasteiger partial charge in [-0.3, -0.25) is 4.79 Å². The van der Waals surface area contributed by atoms with Crippen molar-refractivity contribution < 1.29 is 10.2 Å². The topological polar surface area (TPSA) is 90.6 Å². The summed E-state index contributed by atoms with van der Waals surface area (Å²) in [6, 6.07) is 11.2. The van der Waals surface area contributed by atoms with Crippen LogP contribution < -0.4 is 5.56 Å². The third kappa shape index (κ3) is 2.49. The quantitative estimate of drug-likeness (QED) is 0.385. The van der Waals surface area contributed by atoms with E-state index in [1.54, 1.807) is 30.3 Å². The highest BCUT2D eigenvalue weighted by atomic mass is 32.1. The Bertz CT molecular complexity index is 1000. The zero-order chi connectivity index (χ0) is 15.7. The van der Waals surface area contributed by atoms with E-state index in [-0.39, 0.29) is 21.8 Å². The number of hydrogen-bond donors (Lipinski definition) is 3. The normalized spacial score (nSPS) is 11.3. The van der Waals surface area contributed by atoms with Crippen molar-refractivity contribution in [3.8, 4) is 11.5 Å². The third-order valence-electron chi connectivity index (χ3n) is 3.11. The average Bonchev–Trinajstić information content (AvgIpc) is 2.50. The Hall–Kier alpha value is -2.93. The minimum absolute atomic E-state index is 0.169. The van der Waals surface area contributed by atoms with Gasteiger partial charge in [0.2, 0.25) is 4.77 Å². The summed E-state index contributed by atoms with van der Waals surface area (Å²) in [5, 5.41) is 23.2. The van der Waals surface area contributed by atoms with Gasteiger partial charge in [-0.2, -0.15) is 9.78 Å². The van der Waals surface area contributed by atoms with Gasteiger partial charge in [-0.05, 0) is 48.1 Å². The van der Waals surface area contributed by atoms with Crippen LogP contribution in [0.3, 0.4) is 0 Å². The van der Waals surface area contributed by atoms with Gasteiger partial charge in [0.1, 0.15) is 0 Å². The van der Waals surface area contributed by atoms with E-state index < -0.39 is 0 Å². The number of aromatic nitrogens is 2. The molecular formula is C15H11N3O3S. The minimum atomic E-state index is -0.335. The predicted octanol–water partition coefficient (Wildman–Crippen LogP) is 2.35. The summed E-state index contributed by atoms with van der Waals surface area (Å²) in [5.41, 5.74) is 0.828. The number of nitrogens with zero attached hydrogens (tertiary/aromatic N) is 2. The van der Waals surface area contributed by atoms with Crippen molar-refractivity contribution in [3.05, 3.63) is 63.2 Å². The van der Waals surface area contributed by atoms with Gasteiger partial charge >= 0.3 is 0 Å². The van der Waals surface area contributed by atoms with Crippen LogP contribution in [0.2, 0.25) is 0 Å². The highest BCUT2D eigenvalue weighted by Crippen LogP contribution is 2.24. The van der Waals surface area contributed by atoms with E-state index in [9.17, 15) is 15.0 Å². The van der Waals surface area contributed by atoms with E-state index in [2.05, 4.69) is 10.1 Å². The molecule has 0 bridgehead atoms. The zero-order valence-corrected chi connectivity index (χ0v) is 12.0. The maximum Gasteiger partial charge on any atom is 0.282 e. The van der Waals surface area contributed by atoms with Crippen molar-refractivity contribution in [3.63, 3.8) is 0 Å². The molecule has 0 saturated carbocycles. The molecule has 3 rings (SSSR count). The number of rotatable bonds is 2. The Balaban J connectivity index is 2.10. The molecule has 1 aromatic heterocycles. The summed E-state index contributed by atoms with van der Waals surface area (Å²) in [7, 11) is 0. The lowest BCUT2D eigenvalue weighted by molar-refractivity contribution is 0.403. The molecule has 0 fully saturated rings. The number of nitrogens with one attached hydrogen (secondary N) is 1. The number of fused-ring (bicyclic) bond motifs is 1. The number of aromatic hydroxyl groups is 2. The molecule has 0 spiro atoms. The van der Waals surface area contributed by atoms with Crippen molar-refractivity contribution in [2.75, 3.05) is 0 Å². The molecule has 0 amide bonds. The molecule has 0 saturated heterocycles. The van der Waals surface area contributed by atoms with Crippen molar-refractivity contribution >= 4 is 29.3 Å². The van der Waals surface area contributed by atoms with Crippen molar-refractivity contribution in [1.29, 1.82) is 0 Å². The van der Waals surface area contributed by atoms with Crippen LogP contribution >= 0.6 is 12.2 Å². The average molecular weight is 313 g/mol. The third-order valence-corrected chi connectivity index (χ3v) is 3.38. The maximum atomic E-state index is 12.4. The van der Waals surface area contributed by atoms with Gasteiger partial charge in [0.05, 0.1) is 17.1 Å². The van der Waals surface area contributed by atoms with Crippen LogP contribution in [0, 0.1) is 4.77 Å². The van der Waals surface area contributed by atoms with E-state index in [1.165, 1.54) is 18.3 Å².